The Balaban J connectivity index is 1.91. The SMILES string of the molecule is CC(C)N1CC[C@H](NC(=O)c2cc(C(F)F)on2)C1. The molecule has 1 saturated heterocycles. The van der Waals surface area contributed by atoms with Gasteiger partial charge in [-0.25, -0.2) is 8.78 Å². The summed E-state index contributed by atoms with van der Waals surface area (Å²) in [5.41, 5.74) is -0.0988. The first-order valence-corrected chi connectivity index (χ1v) is 6.27. The van der Waals surface area contributed by atoms with E-state index in [9.17, 15) is 13.6 Å². The van der Waals surface area contributed by atoms with Gasteiger partial charge in [0, 0.05) is 31.2 Å². The number of hydrogen-bond donors (Lipinski definition) is 1. The topological polar surface area (TPSA) is 58.4 Å². The van der Waals surface area contributed by atoms with E-state index in [1.54, 1.807) is 0 Å². The van der Waals surface area contributed by atoms with E-state index in [1.807, 2.05) is 0 Å². The first kappa shape index (κ1) is 13.9. The molecule has 0 unspecified atom stereocenters. The predicted molar refractivity (Wildman–Crippen MR) is 64.0 cm³/mol. The maximum absolute atomic E-state index is 12.3. The zero-order valence-electron chi connectivity index (χ0n) is 10.9. The molecule has 1 fully saturated rings. The summed E-state index contributed by atoms with van der Waals surface area (Å²) in [4.78, 5) is 14.1. The van der Waals surface area contributed by atoms with Crippen molar-refractivity contribution in [3.8, 4) is 0 Å². The number of hydrogen-bond acceptors (Lipinski definition) is 4. The lowest BCUT2D eigenvalue weighted by Crippen LogP contribution is -2.38. The fourth-order valence-corrected chi connectivity index (χ4v) is 2.13. The van der Waals surface area contributed by atoms with Crippen LogP contribution in [0, 0.1) is 0 Å². The highest BCUT2D eigenvalue weighted by Gasteiger charge is 2.27. The molecule has 1 amide bonds. The Morgan fingerprint density at radius 3 is 2.84 bits per heavy atom. The van der Waals surface area contributed by atoms with Crippen molar-refractivity contribution in [3.05, 3.63) is 17.5 Å². The lowest BCUT2D eigenvalue weighted by atomic mass is 10.2. The van der Waals surface area contributed by atoms with Crippen molar-refractivity contribution >= 4 is 5.91 Å². The van der Waals surface area contributed by atoms with Crippen LogP contribution in [0.4, 0.5) is 8.78 Å². The Hall–Kier alpha value is -1.50. The van der Waals surface area contributed by atoms with Crippen LogP contribution in [0.5, 0.6) is 0 Å². The maximum Gasteiger partial charge on any atom is 0.298 e. The Morgan fingerprint density at radius 2 is 2.32 bits per heavy atom. The van der Waals surface area contributed by atoms with Gasteiger partial charge in [0.05, 0.1) is 0 Å². The van der Waals surface area contributed by atoms with Crippen LogP contribution >= 0.6 is 0 Å². The van der Waals surface area contributed by atoms with E-state index < -0.39 is 18.1 Å². The summed E-state index contributed by atoms with van der Waals surface area (Å²) in [5, 5.41) is 6.14. The van der Waals surface area contributed by atoms with Crippen LogP contribution < -0.4 is 5.32 Å². The molecule has 0 radical (unpaired) electrons. The van der Waals surface area contributed by atoms with E-state index in [-0.39, 0.29) is 11.7 Å². The molecular formula is C12H17F2N3O2. The molecule has 1 N–H and O–H groups in total. The molecule has 1 aromatic rings. The van der Waals surface area contributed by atoms with Gasteiger partial charge in [-0.2, -0.15) is 0 Å². The van der Waals surface area contributed by atoms with Crippen LogP contribution in [-0.4, -0.2) is 41.1 Å². The monoisotopic (exact) mass is 273 g/mol. The number of rotatable bonds is 4. The second kappa shape index (κ2) is 5.64. The molecule has 0 aliphatic carbocycles. The summed E-state index contributed by atoms with van der Waals surface area (Å²) in [6, 6.07) is 1.44. The second-order valence-electron chi connectivity index (χ2n) is 4.96. The van der Waals surface area contributed by atoms with E-state index in [4.69, 9.17) is 0 Å². The number of carbonyl (C=O) groups excluding carboxylic acids is 1. The minimum atomic E-state index is -2.75. The second-order valence-corrected chi connectivity index (χ2v) is 4.96. The average Bonchev–Trinajstić information content (AvgIpc) is 2.96. The van der Waals surface area contributed by atoms with Crippen molar-refractivity contribution in [2.24, 2.45) is 0 Å². The van der Waals surface area contributed by atoms with Crippen molar-refractivity contribution in [2.45, 2.75) is 38.8 Å². The maximum atomic E-state index is 12.3. The molecule has 1 aliphatic heterocycles. The quantitative estimate of drug-likeness (QED) is 0.909. The van der Waals surface area contributed by atoms with Crippen LogP contribution in [-0.2, 0) is 0 Å². The number of aromatic nitrogens is 1. The first-order chi connectivity index (χ1) is 8.97. The molecule has 0 saturated carbocycles. The van der Waals surface area contributed by atoms with Gasteiger partial charge in [-0.05, 0) is 20.3 Å². The van der Waals surface area contributed by atoms with Crippen LogP contribution in [0.15, 0.2) is 10.6 Å². The highest BCUT2D eigenvalue weighted by atomic mass is 19.3. The Labute approximate surface area is 109 Å². The molecule has 1 aromatic heterocycles. The van der Waals surface area contributed by atoms with Crippen molar-refractivity contribution in [2.75, 3.05) is 13.1 Å². The Morgan fingerprint density at radius 1 is 1.58 bits per heavy atom. The fourth-order valence-electron chi connectivity index (χ4n) is 2.13. The zero-order chi connectivity index (χ0) is 14.0. The summed E-state index contributed by atoms with van der Waals surface area (Å²) in [6.07, 6.45) is -1.90. The summed E-state index contributed by atoms with van der Waals surface area (Å²) >= 11 is 0. The van der Waals surface area contributed by atoms with E-state index in [1.165, 1.54) is 0 Å². The van der Waals surface area contributed by atoms with Gasteiger partial charge in [0.2, 0.25) is 5.76 Å². The molecule has 2 heterocycles. The Kier molecular flexibility index (Phi) is 4.14. The summed E-state index contributed by atoms with van der Waals surface area (Å²) < 4.78 is 29.0. The summed E-state index contributed by atoms with van der Waals surface area (Å²) in [6.45, 7) is 5.88. The molecule has 0 spiro atoms. The smallest absolute Gasteiger partial charge is 0.298 e. The third kappa shape index (κ3) is 3.28. The highest BCUT2D eigenvalue weighted by molar-refractivity contribution is 5.92. The van der Waals surface area contributed by atoms with Gasteiger partial charge in [0.25, 0.3) is 12.3 Å². The van der Waals surface area contributed by atoms with Crippen LogP contribution in [0.2, 0.25) is 0 Å². The minimum Gasteiger partial charge on any atom is -0.354 e. The first-order valence-electron chi connectivity index (χ1n) is 6.27. The molecule has 1 aliphatic rings. The molecule has 5 nitrogen and oxygen atoms in total. The van der Waals surface area contributed by atoms with Crippen LogP contribution in [0.1, 0.15) is 42.9 Å². The molecule has 2 rings (SSSR count). The number of carbonyl (C=O) groups is 1. The zero-order valence-corrected chi connectivity index (χ0v) is 10.9. The van der Waals surface area contributed by atoms with E-state index in [0.29, 0.717) is 6.04 Å². The fraction of sp³-hybridized carbons (Fsp3) is 0.667. The van der Waals surface area contributed by atoms with E-state index >= 15 is 0 Å². The normalized spacial score (nSPS) is 20.4. The van der Waals surface area contributed by atoms with Gasteiger partial charge < -0.3 is 9.84 Å². The van der Waals surface area contributed by atoms with Gasteiger partial charge in [-0.1, -0.05) is 5.16 Å². The summed E-state index contributed by atoms with van der Waals surface area (Å²) in [7, 11) is 0. The molecule has 7 heteroatoms. The van der Waals surface area contributed by atoms with Crippen molar-refractivity contribution < 1.29 is 18.1 Å². The number of nitrogens with zero attached hydrogens (tertiary/aromatic N) is 2. The molecule has 19 heavy (non-hydrogen) atoms. The van der Waals surface area contributed by atoms with Crippen LogP contribution in [0.3, 0.4) is 0 Å². The van der Waals surface area contributed by atoms with Gasteiger partial charge in [0.1, 0.15) is 0 Å². The lowest BCUT2D eigenvalue weighted by molar-refractivity contribution is 0.0922. The van der Waals surface area contributed by atoms with Crippen LogP contribution in [0.25, 0.3) is 0 Å². The van der Waals surface area contributed by atoms with E-state index in [0.717, 1.165) is 25.6 Å². The number of alkyl halides is 2. The third-order valence-electron chi connectivity index (χ3n) is 3.26. The highest BCUT2D eigenvalue weighted by Crippen LogP contribution is 2.19. The molecular weight excluding hydrogens is 256 g/mol. The predicted octanol–water partition coefficient (Wildman–Crippen LogP) is 1.82. The largest absolute Gasteiger partial charge is 0.354 e. The van der Waals surface area contributed by atoms with Crippen molar-refractivity contribution in [1.82, 2.24) is 15.4 Å². The molecule has 0 bridgehead atoms. The van der Waals surface area contributed by atoms with Crippen molar-refractivity contribution in [3.63, 3.8) is 0 Å². The molecule has 0 aromatic carbocycles. The minimum absolute atomic E-state index is 0.0293. The molecule has 106 valence electrons. The molecule has 1 atom stereocenters. The lowest BCUT2D eigenvalue weighted by Gasteiger charge is -2.20. The van der Waals surface area contributed by atoms with Gasteiger partial charge in [0.15, 0.2) is 5.69 Å². The number of halogens is 2. The number of likely N-dealkylation sites (tertiary alicyclic amines) is 1. The van der Waals surface area contributed by atoms with Crippen molar-refractivity contribution in [1.29, 1.82) is 0 Å². The Bertz CT molecular complexity index is 448. The summed E-state index contributed by atoms with van der Waals surface area (Å²) in [5.74, 6) is -1.05. The van der Waals surface area contributed by atoms with Gasteiger partial charge in [-0.15, -0.1) is 0 Å². The van der Waals surface area contributed by atoms with Gasteiger partial charge in [-0.3, -0.25) is 9.69 Å². The average molecular weight is 273 g/mol. The standard InChI is InChI=1S/C12H17F2N3O2/c1-7(2)17-4-3-8(6-17)15-12(18)9-5-10(11(13)14)19-16-9/h5,7-8,11H,3-4,6H2,1-2H3,(H,15,18)/t8-/m0/s1. The third-order valence-corrected chi connectivity index (χ3v) is 3.26. The van der Waals surface area contributed by atoms with Gasteiger partial charge >= 0.3 is 0 Å². The van der Waals surface area contributed by atoms with E-state index in [2.05, 4.69) is 33.7 Å². The number of amides is 1. The number of nitrogens with one attached hydrogen (secondary N) is 1.